The van der Waals surface area contributed by atoms with E-state index < -0.39 is 0 Å². The Morgan fingerprint density at radius 2 is 2.14 bits per heavy atom. The second-order valence-electron chi connectivity index (χ2n) is 6.89. The maximum atomic E-state index is 4.52. The monoisotopic (exact) mass is 286 g/mol. The second-order valence-corrected chi connectivity index (χ2v) is 6.89. The highest BCUT2D eigenvalue weighted by Crippen LogP contribution is 2.28. The number of fused-ring (bicyclic) bond motifs is 1. The molecule has 1 N–H and O–H groups in total. The molecule has 3 aliphatic rings. The van der Waals surface area contributed by atoms with Crippen LogP contribution in [0.4, 0.5) is 5.69 Å². The summed E-state index contributed by atoms with van der Waals surface area (Å²) in [5.74, 6) is 0. The maximum Gasteiger partial charge on any atom is 0.0446 e. The van der Waals surface area contributed by atoms with Gasteiger partial charge in [0.2, 0.25) is 0 Å². The Labute approximate surface area is 127 Å². The van der Waals surface area contributed by atoms with Crippen molar-refractivity contribution in [3.05, 3.63) is 23.5 Å². The lowest BCUT2D eigenvalue weighted by Crippen LogP contribution is -2.50. The molecule has 114 valence electrons. The topological polar surface area (TPSA) is 31.4 Å². The third-order valence-corrected chi connectivity index (χ3v) is 5.19. The predicted octanol–water partition coefficient (Wildman–Crippen LogP) is 1.93. The lowest BCUT2D eigenvalue weighted by Gasteiger charge is -2.39. The minimum atomic E-state index is 0.755. The van der Waals surface area contributed by atoms with E-state index in [1.165, 1.54) is 56.6 Å². The van der Waals surface area contributed by atoms with Gasteiger partial charge in [-0.15, -0.1) is 0 Å². The summed E-state index contributed by atoms with van der Waals surface area (Å²) in [5.41, 5.74) is 3.93. The zero-order valence-corrected chi connectivity index (χ0v) is 13.0. The third kappa shape index (κ3) is 2.92. The molecule has 0 bridgehead atoms. The van der Waals surface area contributed by atoms with E-state index in [9.17, 15) is 0 Å². The Morgan fingerprint density at radius 1 is 1.24 bits per heavy atom. The number of nitrogens with one attached hydrogen (secondary N) is 1. The molecule has 21 heavy (non-hydrogen) atoms. The minimum absolute atomic E-state index is 0.755. The fraction of sp³-hybridized carbons (Fsp3) is 0.706. The van der Waals surface area contributed by atoms with Crippen molar-refractivity contribution in [2.45, 2.75) is 51.2 Å². The number of hydrogen-bond acceptors (Lipinski definition) is 4. The van der Waals surface area contributed by atoms with Crippen LogP contribution in [0.5, 0.6) is 0 Å². The number of aryl methyl sites for hydroxylation is 1. The molecular weight excluding hydrogens is 260 g/mol. The number of rotatable bonds is 4. The van der Waals surface area contributed by atoms with Crippen molar-refractivity contribution in [1.29, 1.82) is 0 Å². The first-order chi connectivity index (χ1) is 10.3. The molecular formula is C17H26N4. The molecule has 0 aromatic carbocycles. The fourth-order valence-electron chi connectivity index (χ4n) is 3.76. The normalized spacial score (nSPS) is 26.1. The molecule has 1 aromatic rings. The van der Waals surface area contributed by atoms with Crippen LogP contribution in [0.2, 0.25) is 0 Å². The number of anilines is 1. The summed E-state index contributed by atoms with van der Waals surface area (Å²) in [7, 11) is 0. The van der Waals surface area contributed by atoms with Crippen molar-refractivity contribution in [3.8, 4) is 0 Å². The van der Waals surface area contributed by atoms with Crippen LogP contribution in [0.25, 0.3) is 0 Å². The number of pyridine rings is 1. The van der Waals surface area contributed by atoms with Gasteiger partial charge in [0.25, 0.3) is 0 Å². The highest BCUT2D eigenvalue weighted by molar-refractivity contribution is 5.54. The molecule has 4 nitrogen and oxygen atoms in total. The zero-order valence-electron chi connectivity index (χ0n) is 13.0. The predicted molar refractivity (Wildman–Crippen MR) is 85.6 cm³/mol. The molecule has 1 atom stereocenters. The number of aromatic nitrogens is 1. The smallest absolute Gasteiger partial charge is 0.0446 e. The van der Waals surface area contributed by atoms with Crippen molar-refractivity contribution in [2.75, 3.05) is 31.1 Å². The molecule has 1 saturated carbocycles. The Hall–Kier alpha value is -1.13. The summed E-state index contributed by atoms with van der Waals surface area (Å²) in [6.45, 7) is 7.97. The first-order valence-corrected chi connectivity index (χ1v) is 8.47. The first kappa shape index (κ1) is 13.5. The van der Waals surface area contributed by atoms with E-state index in [-0.39, 0.29) is 0 Å². The highest BCUT2D eigenvalue weighted by atomic mass is 15.3. The van der Waals surface area contributed by atoms with E-state index in [0.717, 1.165) is 30.9 Å². The highest BCUT2D eigenvalue weighted by Gasteiger charge is 2.31. The molecule has 4 heteroatoms. The standard InChI is InChI=1S/C17H26N4/c1-13-9-17(14(10-18-13)11-19-15-4-5-15)21-8-7-20-6-2-3-16(20)12-21/h9-10,15-16,19H,2-8,11-12H2,1H3. The van der Waals surface area contributed by atoms with Crippen LogP contribution in [0.15, 0.2) is 12.3 Å². The molecule has 2 saturated heterocycles. The van der Waals surface area contributed by atoms with Gasteiger partial charge < -0.3 is 10.2 Å². The fourth-order valence-corrected chi connectivity index (χ4v) is 3.76. The largest absolute Gasteiger partial charge is 0.368 e. The number of hydrogen-bond donors (Lipinski definition) is 1. The molecule has 3 heterocycles. The Morgan fingerprint density at radius 3 is 3.00 bits per heavy atom. The molecule has 1 aliphatic carbocycles. The Balaban J connectivity index is 1.52. The maximum absolute atomic E-state index is 4.52. The van der Waals surface area contributed by atoms with Crippen LogP contribution < -0.4 is 10.2 Å². The Bertz CT molecular complexity index is 512. The van der Waals surface area contributed by atoms with E-state index in [0.29, 0.717) is 0 Å². The SMILES string of the molecule is Cc1cc(N2CCN3CCCC3C2)c(CNC2CC2)cn1. The van der Waals surface area contributed by atoms with Crippen molar-refractivity contribution < 1.29 is 0 Å². The van der Waals surface area contributed by atoms with Crippen LogP contribution in [-0.2, 0) is 6.54 Å². The van der Waals surface area contributed by atoms with Crippen LogP contribution in [0.3, 0.4) is 0 Å². The summed E-state index contributed by atoms with van der Waals surface area (Å²) in [5, 5.41) is 3.64. The van der Waals surface area contributed by atoms with Gasteiger partial charge >= 0.3 is 0 Å². The van der Waals surface area contributed by atoms with E-state index in [4.69, 9.17) is 0 Å². The van der Waals surface area contributed by atoms with Crippen molar-refractivity contribution in [2.24, 2.45) is 0 Å². The number of piperazine rings is 1. The molecule has 4 rings (SSSR count). The van der Waals surface area contributed by atoms with Crippen LogP contribution in [0.1, 0.15) is 36.9 Å². The molecule has 2 aliphatic heterocycles. The lowest BCUT2D eigenvalue weighted by molar-refractivity contribution is 0.230. The van der Waals surface area contributed by atoms with E-state index >= 15 is 0 Å². The van der Waals surface area contributed by atoms with Crippen molar-refractivity contribution >= 4 is 5.69 Å². The van der Waals surface area contributed by atoms with Crippen LogP contribution in [0, 0.1) is 6.92 Å². The average Bonchev–Trinajstić information content (AvgIpc) is 3.21. The summed E-state index contributed by atoms with van der Waals surface area (Å²) in [6, 6.07) is 3.82. The summed E-state index contributed by atoms with van der Waals surface area (Å²) in [4.78, 5) is 9.80. The number of nitrogens with zero attached hydrogens (tertiary/aromatic N) is 3. The molecule has 3 fully saturated rings. The minimum Gasteiger partial charge on any atom is -0.368 e. The summed E-state index contributed by atoms with van der Waals surface area (Å²) >= 11 is 0. The molecule has 1 unspecified atom stereocenters. The van der Waals surface area contributed by atoms with E-state index in [2.05, 4.69) is 39.3 Å². The Kier molecular flexibility index (Phi) is 3.59. The van der Waals surface area contributed by atoms with Crippen molar-refractivity contribution in [1.82, 2.24) is 15.2 Å². The lowest BCUT2D eigenvalue weighted by atomic mass is 10.1. The molecule has 1 aromatic heterocycles. The van der Waals surface area contributed by atoms with Crippen LogP contribution >= 0.6 is 0 Å². The first-order valence-electron chi connectivity index (χ1n) is 8.47. The van der Waals surface area contributed by atoms with Gasteiger partial charge in [0.15, 0.2) is 0 Å². The van der Waals surface area contributed by atoms with E-state index in [1.807, 2.05) is 0 Å². The van der Waals surface area contributed by atoms with Gasteiger partial charge in [-0.2, -0.15) is 0 Å². The second kappa shape index (κ2) is 5.58. The van der Waals surface area contributed by atoms with Crippen LogP contribution in [-0.4, -0.2) is 48.1 Å². The van der Waals surface area contributed by atoms with Gasteiger partial charge in [-0.25, -0.2) is 0 Å². The van der Waals surface area contributed by atoms with Gasteiger partial charge in [0.05, 0.1) is 0 Å². The average molecular weight is 286 g/mol. The molecule has 0 radical (unpaired) electrons. The quantitative estimate of drug-likeness (QED) is 0.916. The van der Waals surface area contributed by atoms with Gasteiger partial charge in [-0.3, -0.25) is 9.88 Å². The van der Waals surface area contributed by atoms with Gasteiger partial charge in [-0.1, -0.05) is 0 Å². The van der Waals surface area contributed by atoms with Crippen molar-refractivity contribution in [3.63, 3.8) is 0 Å². The summed E-state index contributed by atoms with van der Waals surface area (Å²) in [6.07, 6.45) is 7.52. The van der Waals surface area contributed by atoms with Gasteiger partial charge in [0, 0.05) is 61.4 Å². The zero-order chi connectivity index (χ0) is 14.2. The third-order valence-electron chi connectivity index (χ3n) is 5.19. The van der Waals surface area contributed by atoms with E-state index in [1.54, 1.807) is 0 Å². The molecule has 0 spiro atoms. The summed E-state index contributed by atoms with van der Waals surface area (Å²) < 4.78 is 0. The van der Waals surface area contributed by atoms with Gasteiger partial charge in [0.1, 0.15) is 0 Å². The van der Waals surface area contributed by atoms with Gasteiger partial charge in [-0.05, 0) is 45.2 Å². The molecule has 0 amide bonds.